The Morgan fingerprint density at radius 2 is 1.64 bits per heavy atom. The highest BCUT2D eigenvalue weighted by Gasteiger charge is 2.48. The van der Waals surface area contributed by atoms with Crippen molar-refractivity contribution >= 4 is 27.8 Å². The van der Waals surface area contributed by atoms with Crippen molar-refractivity contribution in [1.29, 1.82) is 0 Å². The molecule has 2 aromatic rings. The summed E-state index contributed by atoms with van der Waals surface area (Å²) in [5.41, 5.74) is 2.54. The van der Waals surface area contributed by atoms with Crippen molar-refractivity contribution in [3.8, 4) is 11.1 Å². The normalized spacial score (nSPS) is 20.0. The largest absolute Gasteiger partial charge is 0.480 e. The van der Waals surface area contributed by atoms with Crippen LogP contribution in [0.15, 0.2) is 53.4 Å². The summed E-state index contributed by atoms with van der Waals surface area (Å²) in [6.45, 7) is 3.65. The maximum Gasteiger partial charge on any atom is 0.323 e. The molecule has 1 unspecified atom stereocenters. The molecule has 0 saturated carbocycles. The number of carboxylic acids is 1. The van der Waals surface area contributed by atoms with Gasteiger partial charge in [0, 0.05) is 17.0 Å². The summed E-state index contributed by atoms with van der Waals surface area (Å²) in [6.07, 6.45) is 0. The van der Waals surface area contributed by atoms with E-state index in [1.807, 2.05) is 24.3 Å². The minimum absolute atomic E-state index is 0.0350. The van der Waals surface area contributed by atoms with Crippen molar-refractivity contribution in [3.05, 3.63) is 54.1 Å². The van der Waals surface area contributed by atoms with Gasteiger partial charge in [0.2, 0.25) is 10.0 Å². The highest BCUT2D eigenvalue weighted by Crippen LogP contribution is 2.38. The summed E-state index contributed by atoms with van der Waals surface area (Å²) in [5, 5.41) is 18.8. The van der Waals surface area contributed by atoms with E-state index in [9.17, 15) is 18.3 Å². The molecule has 1 aliphatic rings. The summed E-state index contributed by atoms with van der Waals surface area (Å²) in [7, 11) is -3.93. The molecule has 8 heteroatoms. The van der Waals surface area contributed by atoms with Gasteiger partial charge in [0.25, 0.3) is 0 Å². The summed E-state index contributed by atoms with van der Waals surface area (Å²) >= 11 is 1.47. The number of nitrogens with zero attached hydrogens (tertiary/aromatic N) is 1. The van der Waals surface area contributed by atoms with Gasteiger partial charge in [-0.05, 0) is 42.7 Å². The Labute approximate surface area is 169 Å². The van der Waals surface area contributed by atoms with Crippen LogP contribution in [0.5, 0.6) is 0 Å². The number of benzene rings is 2. The third-order valence-corrected chi connectivity index (χ3v) is 8.13. The smallest absolute Gasteiger partial charge is 0.323 e. The molecule has 0 aromatic heterocycles. The zero-order chi connectivity index (χ0) is 20.5. The van der Waals surface area contributed by atoms with Crippen molar-refractivity contribution in [2.75, 3.05) is 12.3 Å². The van der Waals surface area contributed by atoms with Crippen LogP contribution >= 0.6 is 11.8 Å². The predicted molar refractivity (Wildman–Crippen MR) is 110 cm³/mol. The molecule has 3 rings (SSSR count). The van der Waals surface area contributed by atoms with Gasteiger partial charge in [0.1, 0.15) is 6.04 Å². The third kappa shape index (κ3) is 3.96. The molecule has 0 aliphatic carbocycles. The molecule has 1 saturated heterocycles. The first kappa shape index (κ1) is 20.9. The summed E-state index contributed by atoms with van der Waals surface area (Å²) < 4.78 is 26.7. The van der Waals surface area contributed by atoms with E-state index in [2.05, 4.69) is 0 Å². The Balaban J connectivity index is 1.92. The molecule has 0 spiro atoms. The van der Waals surface area contributed by atoms with E-state index >= 15 is 0 Å². The lowest BCUT2D eigenvalue weighted by molar-refractivity contribution is -0.142. The van der Waals surface area contributed by atoms with E-state index in [-0.39, 0.29) is 18.0 Å². The van der Waals surface area contributed by atoms with Crippen molar-refractivity contribution in [1.82, 2.24) is 4.31 Å². The summed E-state index contributed by atoms with van der Waals surface area (Å²) in [6, 6.07) is 12.7. The van der Waals surface area contributed by atoms with Gasteiger partial charge >= 0.3 is 5.97 Å². The Kier molecular flexibility index (Phi) is 5.86. The van der Waals surface area contributed by atoms with Gasteiger partial charge in [-0.1, -0.05) is 36.4 Å². The van der Waals surface area contributed by atoms with Gasteiger partial charge in [-0.25, -0.2) is 8.42 Å². The fraction of sp³-hybridized carbons (Fsp3) is 0.350. The van der Waals surface area contributed by atoms with Crippen LogP contribution in [0, 0.1) is 0 Å². The maximum absolute atomic E-state index is 13.1. The minimum atomic E-state index is -3.93. The van der Waals surface area contributed by atoms with Gasteiger partial charge < -0.3 is 10.2 Å². The summed E-state index contributed by atoms with van der Waals surface area (Å²) in [4.78, 5) is 11.9. The van der Waals surface area contributed by atoms with Crippen molar-refractivity contribution < 1.29 is 23.4 Å². The van der Waals surface area contributed by atoms with Crippen LogP contribution in [0.4, 0.5) is 0 Å². The monoisotopic (exact) mass is 421 g/mol. The average molecular weight is 422 g/mol. The molecular weight excluding hydrogens is 398 g/mol. The van der Waals surface area contributed by atoms with Crippen molar-refractivity contribution in [2.45, 2.75) is 36.1 Å². The molecule has 150 valence electrons. The second-order valence-corrected chi connectivity index (χ2v) is 10.8. The van der Waals surface area contributed by atoms with Crippen LogP contribution in [0.2, 0.25) is 0 Å². The van der Waals surface area contributed by atoms with E-state index in [1.54, 1.807) is 26.0 Å². The summed E-state index contributed by atoms with van der Waals surface area (Å²) in [5.74, 6) is -0.591. The number of carboxylic acid groups (broad SMARTS) is 1. The molecule has 1 fully saturated rings. The highest BCUT2D eigenvalue weighted by atomic mass is 32.2. The first-order valence-electron chi connectivity index (χ1n) is 8.85. The van der Waals surface area contributed by atoms with E-state index in [1.165, 1.54) is 23.9 Å². The van der Waals surface area contributed by atoms with Crippen LogP contribution < -0.4 is 0 Å². The molecule has 0 radical (unpaired) electrons. The molecule has 2 N–H and O–H groups in total. The van der Waals surface area contributed by atoms with E-state index in [0.717, 1.165) is 21.0 Å². The van der Waals surface area contributed by atoms with Gasteiger partial charge in [0.05, 0.1) is 11.5 Å². The number of rotatable bonds is 5. The molecular formula is C20H23NO5S2. The number of aliphatic hydroxyl groups excluding tert-OH is 1. The lowest BCUT2D eigenvalue weighted by Gasteiger charge is -2.42. The van der Waals surface area contributed by atoms with Gasteiger partial charge in [0.15, 0.2) is 0 Å². The Morgan fingerprint density at radius 3 is 2.14 bits per heavy atom. The van der Waals surface area contributed by atoms with Crippen LogP contribution in [0.1, 0.15) is 19.4 Å². The molecule has 0 bridgehead atoms. The average Bonchev–Trinajstić information content (AvgIpc) is 2.67. The van der Waals surface area contributed by atoms with Crippen LogP contribution in [0.25, 0.3) is 11.1 Å². The lowest BCUT2D eigenvalue weighted by Crippen LogP contribution is -2.58. The molecule has 1 aliphatic heterocycles. The SMILES string of the molecule is CC1(C)SCCN(S(=O)(=O)c2ccc(-c3ccc(CO)cc3)cc2)C1C(=O)O. The predicted octanol–water partition coefficient (Wildman–Crippen LogP) is 2.82. The maximum atomic E-state index is 13.1. The first-order chi connectivity index (χ1) is 13.2. The number of aliphatic hydroxyl groups is 1. The molecule has 28 heavy (non-hydrogen) atoms. The lowest BCUT2D eigenvalue weighted by atomic mass is 10.0. The number of carbonyl (C=O) groups is 1. The zero-order valence-electron chi connectivity index (χ0n) is 15.7. The fourth-order valence-electron chi connectivity index (χ4n) is 3.39. The molecule has 1 atom stereocenters. The Morgan fingerprint density at radius 1 is 1.11 bits per heavy atom. The van der Waals surface area contributed by atoms with Crippen molar-refractivity contribution in [2.24, 2.45) is 0 Å². The van der Waals surface area contributed by atoms with Crippen LogP contribution in [-0.4, -0.2) is 52.0 Å². The van der Waals surface area contributed by atoms with Gasteiger partial charge in [-0.3, -0.25) is 4.79 Å². The van der Waals surface area contributed by atoms with Gasteiger partial charge in [-0.2, -0.15) is 16.1 Å². The second-order valence-electron chi connectivity index (χ2n) is 7.19. The molecule has 6 nitrogen and oxygen atoms in total. The van der Waals surface area contributed by atoms with Crippen molar-refractivity contribution in [3.63, 3.8) is 0 Å². The van der Waals surface area contributed by atoms with Gasteiger partial charge in [-0.15, -0.1) is 0 Å². The number of hydrogen-bond acceptors (Lipinski definition) is 5. The minimum Gasteiger partial charge on any atom is -0.480 e. The van der Waals surface area contributed by atoms with E-state index < -0.39 is 26.8 Å². The number of sulfonamides is 1. The number of aliphatic carboxylic acids is 1. The Bertz CT molecular complexity index is 953. The molecule has 0 amide bonds. The zero-order valence-corrected chi connectivity index (χ0v) is 17.3. The first-order valence-corrected chi connectivity index (χ1v) is 11.3. The number of hydrogen-bond donors (Lipinski definition) is 2. The topological polar surface area (TPSA) is 94.9 Å². The fourth-order valence-corrected chi connectivity index (χ4v) is 6.49. The van der Waals surface area contributed by atoms with Crippen LogP contribution in [0.3, 0.4) is 0 Å². The van der Waals surface area contributed by atoms with E-state index in [0.29, 0.717) is 5.75 Å². The third-order valence-electron chi connectivity index (χ3n) is 4.90. The van der Waals surface area contributed by atoms with Crippen LogP contribution in [-0.2, 0) is 21.4 Å². The van der Waals surface area contributed by atoms with E-state index in [4.69, 9.17) is 5.11 Å². The second kappa shape index (κ2) is 7.87. The number of thioether (sulfide) groups is 1. The Hall–Kier alpha value is -1.87. The molecule has 1 heterocycles. The highest BCUT2D eigenvalue weighted by molar-refractivity contribution is 8.00. The molecule has 2 aromatic carbocycles. The quantitative estimate of drug-likeness (QED) is 0.771. The standard InChI is InChI=1S/C20H23NO5S2/c1-20(2)18(19(23)24)21(11-12-27-20)28(25,26)17-9-7-16(8-10-17)15-5-3-14(13-22)4-6-15/h3-10,18,22H,11-13H2,1-2H3,(H,23,24).